The van der Waals surface area contributed by atoms with Crippen LogP contribution in [-0.2, 0) is 16.6 Å². The van der Waals surface area contributed by atoms with Crippen LogP contribution in [0.4, 0.5) is 4.39 Å². The second kappa shape index (κ2) is 6.27. The van der Waals surface area contributed by atoms with Crippen LogP contribution in [0.1, 0.15) is 0 Å². The predicted molar refractivity (Wildman–Crippen MR) is 88.8 cm³/mol. The van der Waals surface area contributed by atoms with Crippen LogP contribution in [0.3, 0.4) is 0 Å². The maximum atomic E-state index is 13.3. The van der Waals surface area contributed by atoms with Gasteiger partial charge in [0, 0.05) is 30.6 Å². The van der Waals surface area contributed by atoms with Gasteiger partial charge in [0.2, 0.25) is 10.0 Å². The van der Waals surface area contributed by atoms with E-state index in [1.165, 1.54) is 33.3 Å². The maximum absolute atomic E-state index is 13.3. The molecule has 0 N–H and O–H groups in total. The monoisotopic (exact) mass is 371 g/mol. The van der Waals surface area contributed by atoms with Crippen LogP contribution < -0.4 is 5.56 Å². The molecule has 128 valence electrons. The van der Waals surface area contributed by atoms with Gasteiger partial charge in [-0.1, -0.05) is 11.6 Å². The molecule has 0 amide bonds. The van der Waals surface area contributed by atoms with Gasteiger partial charge in [-0.05, 0) is 24.3 Å². The number of nitrogens with zero attached hydrogens (tertiary/aromatic N) is 3. The van der Waals surface area contributed by atoms with Crippen molar-refractivity contribution in [2.45, 2.75) is 6.54 Å². The highest BCUT2D eigenvalue weighted by Crippen LogP contribution is 2.23. The van der Waals surface area contributed by atoms with Crippen LogP contribution >= 0.6 is 11.6 Å². The van der Waals surface area contributed by atoms with E-state index in [1.807, 2.05) is 0 Å². The normalized spacial score (nSPS) is 16.1. The molecule has 0 bridgehead atoms. The first-order chi connectivity index (χ1) is 11.2. The summed E-state index contributed by atoms with van der Waals surface area (Å²) in [6.07, 6.45) is 1.16. The summed E-state index contributed by atoms with van der Waals surface area (Å²) in [7, 11) is -3.19. The van der Waals surface area contributed by atoms with Gasteiger partial charge in [-0.2, -0.15) is 5.10 Å². The summed E-state index contributed by atoms with van der Waals surface area (Å²) in [5.41, 5.74) is 0.821. The maximum Gasteiger partial charge on any atom is 0.266 e. The van der Waals surface area contributed by atoms with Crippen molar-refractivity contribution < 1.29 is 12.8 Å². The molecule has 0 aliphatic carbocycles. The van der Waals surface area contributed by atoms with E-state index >= 15 is 0 Å². The summed E-state index contributed by atoms with van der Waals surface area (Å²) in [5, 5.41) is 4.26. The minimum absolute atomic E-state index is 0.0187. The molecular formula is C15H15ClFN3O3S. The molecule has 0 atom stereocenters. The van der Waals surface area contributed by atoms with Gasteiger partial charge in [0.05, 0.1) is 23.5 Å². The predicted octanol–water partition coefficient (Wildman–Crippen LogP) is 1.59. The molecule has 1 aromatic heterocycles. The summed E-state index contributed by atoms with van der Waals surface area (Å²) in [6.45, 7) is 1.08. The second-order valence-corrected chi connectivity index (χ2v) is 8.20. The zero-order valence-corrected chi connectivity index (χ0v) is 14.4. The zero-order valence-electron chi connectivity index (χ0n) is 12.8. The summed E-state index contributed by atoms with van der Waals surface area (Å²) in [6, 6.07) is 7.15. The Bertz CT molecular complexity index is 939. The van der Waals surface area contributed by atoms with Crippen molar-refractivity contribution in [1.29, 1.82) is 0 Å². The molecule has 2 heterocycles. The largest absolute Gasteiger partial charge is 0.268 e. The fraction of sp³-hybridized carbons (Fsp3) is 0.333. The van der Waals surface area contributed by atoms with Gasteiger partial charge in [-0.3, -0.25) is 4.79 Å². The average molecular weight is 372 g/mol. The van der Waals surface area contributed by atoms with Gasteiger partial charge in [0.1, 0.15) is 5.82 Å². The molecule has 1 aromatic carbocycles. The van der Waals surface area contributed by atoms with Crippen molar-refractivity contribution in [3.05, 3.63) is 51.5 Å². The van der Waals surface area contributed by atoms with Crippen molar-refractivity contribution in [2.75, 3.05) is 19.3 Å². The Morgan fingerprint density at radius 3 is 2.62 bits per heavy atom. The van der Waals surface area contributed by atoms with E-state index < -0.39 is 15.8 Å². The molecule has 3 rings (SSSR count). The van der Waals surface area contributed by atoms with Crippen molar-refractivity contribution in [1.82, 2.24) is 14.1 Å². The lowest BCUT2D eigenvalue weighted by Crippen LogP contribution is -2.51. The van der Waals surface area contributed by atoms with Crippen molar-refractivity contribution in [3.63, 3.8) is 0 Å². The first-order valence-corrected chi connectivity index (χ1v) is 9.45. The SMILES string of the molecule is CS(=O)(=O)N1CC(Cn2nc(-c3ccc(F)c(Cl)c3)ccc2=O)C1. The molecule has 0 saturated carbocycles. The molecular weight excluding hydrogens is 357 g/mol. The standard InChI is InChI=1S/C15H15ClFN3O3S/c1-24(22,23)19-7-10(8-19)9-20-15(21)5-4-14(18-20)11-2-3-13(17)12(16)6-11/h2-6,10H,7-9H2,1H3. The quantitative estimate of drug-likeness (QED) is 0.818. The number of hydrogen-bond donors (Lipinski definition) is 0. The van der Waals surface area contributed by atoms with Gasteiger partial charge in [0.25, 0.3) is 5.56 Å². The summed E-state index contributed by atoms with van der Waals surface area (Å²) in [4.78, 5) is 12.0. The molecule has 1 aliphatic rings. The minimum Gasteiger partial charge on any atom is -0.268 e. The minimum atomic E-state index is -3.19. The summed E-state index contributed by atoms with van der Waals surface area (Å²) in [5.74, 6) is -0.485. The Kier molecular flexibility index (Phi) is 4.46. The topological polar surface area (TPSA) is 72.3 Å². The van der Waals surface area contributed by atoms with Gasteiger partial charge < -0.3 is 0 Å². The fourth-order valence-corrected chi connectivity index (χ4v) is 3.69. The Labute approximate surface area is 143 Å². The number of hydrogen-bond acceptors (Lipinski definition) is 4. The number of benzene rings is 1. The Morgan fingerprint density at radius 1 is 1.29 bits per heavy atom. The lowest BCUT2D eigenvalue weighted by molar-refractivity contribution is 0.174. The first-order valence-electron chi connectivity index (χ1n) is 7.23. The Hall–Kier alpha value is -1.77. The highest BCUT2D eigenvalue weighted by Gasteiger charge is 2.33. The van der Waals surface area contributed by atoms with Gasteiger partial charge in [0.15, 0.2) is 0 Å². The second-order valence-electron chi connectivity index (χ2n) is 5.81. The first kappa shape index (κ1) is 17.1. The third-order valence-corrected chi connectivity index (χ3v) is 5.43. The van der Waals surface area contributed by atoms with Crippen LogP contribution in [0.15, 0.2) is 35.1 Å². The van der Waals surface area contributed by atoms with E-state index in [4.69, 9.17) is 11.6 Å². The van der Waals surface area contributed by atoms with Crippen molar-refractivity contribution >= 4 is 21.6 Å². The molecule has 1 aliphatic heterocycles. The van der Waals surface area contributed by atoms with Gasteiger partial charge >= 0.3 is 0 Å². The summed E-state index contributed by atoms with van der Waals surface area (Å²) >= 11 is 5.78. The molecule has 1 fully saturated rings. The van der Waals surface area contributed by atoms with Crippen molar-refractivity contribution in [2.24, 2.45) is 5.92 Å². The van der Waals surface area contributed by atoms with Crippen LogP contribution in [0, 0.1) is 11.7 Å². The van der Waals surface area contributed by atoms with Gasteiger partial charge in [-0.25, -0.2) is 21.8 Å². The van der Waals surface area contributed by atoms with E-state index in [2.05, 4.69) is 5.10 Å². The molecule has 9 heteroatoms. The highest BCUT2D eigenvalue weighted by atomic mass is 35.5. The average Bonchev–Trinajstić information content (AvgIpc) is 2.45. The van der Waals surface area contributed by atoms with E-state index in [-0.39, 0.29) is 16.5 Å². The lowest BCUT2D eigenvalue weighted by atomic mass is 10.0. The fourth-order valence-electron chi connectivity index (χ4n) is 2.54. The number of sulfonamides is 1. The number of halogens is 2. The van der Waals surface area contributed by atoms with Crippen LogP contribution in [0.25, 0.3) is 11.3 Å². The molecule has 24 heavy (non-hydrogen) atoms. The highest BCUT2D eigenvalue weighted by molar-refractivity contribution is 7.88. The number of rotatable bonds is 4. The van der Waals surface area contributed by atoms with Crippen molar-refractivity contribution in [3.8, 4) is 11.3 Å². The molecule has 0 spiro atoms. The smallest absolute Gasteiger partial charge is 0.266 e. The molecule has 0 radical (unpaired) electrons. The van der Waals surface area contributed by atoms with E-state index in [9.17, 15) is 17.6 Å². The Balaban J connectivity index is 1.80. The van der Waals surface area contributed by atoms with E-state index in [0.717, 1.165) is 6.26 Å². The third kappa shape index (κ3) is 3.50. The van der Waals surface area contributed by atoms with Crippen LogP contribution in [0.5, 0.6) is 0 Å². The van der Waals surface area contributed by atoms with Gasteiger partial charge in [-0.15, -0.1) is 0 Å². The molecule has 1 saturated heterocycles. The molecule has 0 unspecified atom stereocenters. The lowest BCUT2D eigenvalue weighted by Gasteiger charge is -2.37. The zero-order chi connectivity index (χ0) is 17.5. The molecule has 6 nitrogen and oxygen atoms in total. The summed E-state index contributed by atoms with van der Waals surface area (Å²) < 4.78 is 38.7. The van der Waals surface area contributed by atoms with Crippen LogP contribution in [0.2, 0.25) is 5.02 Å². The van der Waals surface area contributed by atoms with E-state index in [1.54, 1.807) is 6.07 Å². The van der Waals surface area contributed by atoms with E-state index in [0.29, 0.717) is 30.9 Å². The van der Waals surface area contributed by atoms with Crippen LogP contribution in [-0.4, -0.2) is 41.8 Å². The third-order valence-electron chi connectivity index (χ3n) is 3.91. The number of aromatic nitrogens is 2. The Morgan fingerprint density at radius 2 is 2.00 bits per heavy atom. The molecule has 2 aromatic rings.